The molecule has 0 amide bonds. The maximum Gasteiger partial charge on any atom is 0.231 e. The number of rotatable bonds is 4. The maximum atomic E-state index is 11.8. The number of hydrogen-bond acceptors (Lipinski definition) is 3. The van der Waals surface area contributed by atoms with Crippen LogP contribution >= 0.6 is 11.6 Å². The van der Waals surface area contributed by atoms with Crippen molar-refractivity contribution in [1.29, 1.82) is 0 Å². The summed E-state index contributed by atoms with van der Waals surface area (Å²) >= 11 is 5.80. The van der Waals surface area contributed by atoms with Crippen LogP contribution in [0, 0.1) is 6.92 Å². The fourth-order valence-corrected chi connectivity index (χ4v) is 2.62. The molecule has 0 saturated heterocycles. The molecule has 0 radical (unpaired) electrons. The molecule has 0 spiro atoms. The molecule has 108 valence electrons. The Morgan fingerprint density at radius 1 is 1.14 bits per heavy atom. The first-order chi connectivity index (χ1) is 10.1. The number of benzene rings is 2. The molecule has 1 heterocycles. The predicted octanol–water partition coefficient (Wildman–Crippen LogP) is 3.82. The third kappa shape index (κ3) is 3.03. The highest BCUT2D eigenvalue weighted by atomic mass is 35.5. The lowest BCUT2D eigenvalue weighted by Crippen LogP contribution is -2.10. The first-order valence-electron chi connectivity index (χ1n) is 6.78. The van der Waals surface area contributed by atoms with Gasteiger partial charge < -0.3 is 9.47 Å². The molecule has 3 nitrogen and oxygen atoms in total. The fourth-order valence-electron chi connectivity index (χ4n) is 2.42. The summed E-state index contributed by atoms with van der Waals surface area (Å²) < 4.78 is 10.6. The average Bonchev–Trinajstić information content (AvgIpc) is 2.93. The second-order valence-corrected chi connectivity index (χ2v) is 5.53. The molecule has 3 rings (SSSR count). The van der Waals surface area contributed by atoms with Gasteiger partial charge in [-0.3, -0.25) is 4.79 Å². The first-order valence-corrected chi connectivity index (χ1v) is 7.16. The van der Waals surface area contributed by atoms with Crippen LogP contribution in [0.2, 0.25) is 0 Å². The molecular weight excluding hydrogens is 288 g/mol. The topological polar surface area (TPSA) is 35.5 Å². The van der Waals surface area contributed by atoms with Gasteiger partial charge in [-0.2, -0.15) is 0 Å². The minimum absolute atomic E-state index is 0.218. The number of hydrogen-bond donors (Lipinski definition) is 0. The van der Waals surface area contributed by atoms with E-state index in [0.717, 1.165) is 11.1 Å². The standard InChI is InChI=1S/C17H15ClO3/c1-11-2-4-12(5-3-11)8-14(17(18)19)13-6-7-15-16(9-13)21-10-20-15/h2-7,9,14H,8,10H2,1H3. The van der Waals surface area contributed by atoms with Crippen molar-refractivity contribution >= 4 is 16.8 Å². The molecule has 2 aromatic rings. The molecular formula is C17H15ClO3. The fraction of sp³-hybridized carbons (Fsp3) is 0.235. The van der Waals surface area contributed by atoms with Gasteiger partial charge in [-0.15, -0.1) is 0 Å². The Labute approximate surface area is 128 Å². The summed E-state index contributed by atoms with van der Waals surface area (Å²) in [4.78, 5) is 11.8. The van der Waals surface area contributed by atoms with Crippen molar-refractivity contribution in [3.05, 3.63) is 59.2 Å². The summed E-state index contributed by atoms with van der Waals surface area (Å²) in [6, 6.07) is 13.6. The quantitative estimate of drug-likeness (QED) is 0.806. The Morgan fingerprint density at radius 2 is 1.86 bits per heavy atom. The molecule has 1 atom stereocenters. The normalized spacial score (nSPS) is 14.0. The van der Waals surface area contributed by atoms with Crippen LogP contribution in [0.15, 0.2) is 42.5 Å². The van der Waals surface area contributed by atoms with Crippen LogP contribution in [0.4, 0.5) is 0 Å². The monoisotopic (exact) mass is 302 g/mol. The number of aryl methyl sites for hydroxylation is 1. The number of fused-ring (bicyclic) bond motifs is 1. The molecule has 0 saturated carbocycles. The van der Waals surface area contributed by atoms with E-state index in [1.54, 1.807) is 0 Å². The highest BCUT2D eigenvalue weighted by Crippen LogP contribution is 2.36. The Bertz CT molecular complexity index is 664. The minimum Gasteiger partial charge on any atom is -0.454 e. The lowest BCUT2D eigenvalue weighted by Gasteiger charge is -2.14. The van der Waals surface area contributed by atoms with E-state index in [1.165, 1.54) is 5.56 Å². The minimum atomic E-state index is -0.385. The van der Waals surface area contributed by atoms with Crippen LogP contribution in [0.1, 0.15) is 22.6 Å². The van der Waals surface area contributed by atoms with Crippen LogP contribution in [-0.4, -0.2) is 12.0 Å². The van der Waals surface area contributed by atoms with Gasteiger partial charge in [-0.25, -0.2) is 0 Å². The predicted molar refractivity (Wildman–Crippen MR) is 81.0 cm³/mol. The molecule has 0 fully saturated rings. The average molecular weight is 303 g/mol. The van der Waals surface area contributed by atoms with Gasteiger partial charge >= 0.3 is 0 Å². The number of halogens is 1. The van der Waals surface area contributed by atoms with Crippen LogP contribution in [0.25, 0.3) is 0 Å². The van der Waals surface area contributed by atoms with Crippen LogP contribution in [-0.2, 0) is 11.2 Å². The SMILES string of the molecule is Cc1ccc(CC(C(=O)Cl)c2ccc3c(c2)OCO3)cc1. The largest absolute Gasteiger partial charge is 0.454 e. The van der Waals surface area contributed by atoms with Gasteiger partial charge in [0.05, 0.1) is 5.92 Å². The van der Waals surface area contributed by atoms with E-state index in [9.17, 15) is 4.79 Å². The summed E-state index contributed by atoms with van der Waals surface area (Å²) in [5.74, 6) is 0.984. The smallest absolute Gasteiger partial charge is 0.231 e. The van der Waals surface area contributed by atoms with Gasteiger partial charge in [-0.1, -0.05) is 35.9 Å². The van der Waals surface area contributed by atoms with Crippen molar-refractivity contribution in [3.63, 3.8) is 0 Å². The van der Waals surface area contributed by atoms with Crippen molar-refractivity contribution in [3.8, 4) is 11.5 Å². The maximum absolute atomic E-state index is 11.8. The van der Waals surface area contributed by atoms with Gasteiger partial charge in [-0.05, 0) is 48.2 Å². The van der Waals surface area contributed by atoms with Crippen LogP contribution < -0.4 is 9.47 Å². The summed E-state index contributed by atoms with van der Waals surface area (Å²) in [6.07, 6.45) is 0.572. The van der Waals surface area contributed by atoms with E-state index in [0.29, 0.717) is 17.9 Å². The van der Waals surface area contributed by atoms with E-state index >= 15 is 0 Å². The van der Waals surface area contributed by atoms with Gasteiger partial charge in [0.2, 0.25) is 12.0 Å². The summed E-state index contributed by atoms with van der Waals surface area (Å²) in [5, 5.41) is -0.366. The van der Waals surface area contributed by atoms with E-state index in [2.05, 4.69) is 0 Å². The van der Waals surface area contributed by atoms with Crippen molar-refractivity contribution in [2.45, 2.75) is 19.3 Å². The zero-order chi connectivity index (χ0) is 14.8. The third-order valence-electron chi connectivity index (χ3n) is 3.63. The molecule has 0 aliphatic carbocycles. The Hall–Kier alpha value is -2.00. The van der Waals surface area contributed by atoms with Gasteiger partial charge in [0.1, 0.15) is 0 Å². The molecule has 1 unspecified atom stereocenters. The molecule has 1 aliphatic rings. The second kappa shape index (κ2) is 5.78. The molecule has 0 bridgehead atoms. The molecule has 21 heavy (non-hydrogen) atoms. The van der Waals surface area contributed by atoms with Crippen molar-refractivity contribution in [1.82, 2.24) is 0 Å². The highest BCUT2D eigenvalue weighted by Gasteiger charge is 2.22. The number of carbonyl (C=O) groups excluding carboxylic acids is 1. The van der Waals surface area contributed by atoms with Crippen molar-refractivity contribution in [2.24, 2.45) is 0 Å². The summed E-state index contributed by atoms with van der Waals surface area (Å²) in [7, 11) is 0. The van der Waals surface area contributed by atoms with E-state index < -0.39 is 0 Å². The second-order valence-electron chi connectivity index (χ2n) is 5.16. The number of carbonyl (C=O) groups is 1. The summed E-state index contributed by atoms with van der Waals surface area (Å²) in [6.45, 7) is 2.25. The zero-order valence-corrected chi connectivity index (χ0v) is 12.4. The Balaban J connectivity index is 1.87. The van der Waals surface area contributed by atoms with E-state index in [-0.39, 0.29) is 18.0 Å². The van der Waals surface area contributed by atoms with Crippen LogP contribution in [0.5, 0.6) is 11.5 Å². The molecule has 1 aliphatic heterocycles. The number of ether oxygens (including phenoxy) is 2. The Kier molecular flexibility index (Phi) is 3.84. The van der Waals surface area contributed by atoms with E-state index in [1.807, 2.05) is 49.4 Å². The van der Waals surface area contributed by atoms with Crippen LogP contribution in [0.3, 0.4) is 0 Å². The molecule has 0 aromatic heterocycles. The van der Waals surface area contributed by atoms with Crippen molar-refractivity contribution < 1.29 is 14.3 Å². The van der Waals surface area contributed by atoms with Crippen molar-refractivity contribution in [2.75, 3.05) is 6.79 Å². The molecule has 2 aromatic carbocycles. The van der Waals surface area contributed by atoms with E-state index in [4.69, 9.17) is 21.1 Å². The summed E-state index contributed by atoms with van der Waals surface area (Å²) in [5.41, 5.74) is 3.12. The highest BCUT2D eigenvalue weighted by molar-refractivity contribution is 6.64. The molecule has 4 heteroatoms. The Morgan fingerprint density at radius 3 is 2.57 bits per heavy atom. The zero-order valence-electron chi connectivity index (χ0n) is 11.6. The lowest BCUT2D eigenvalue weighted by molar-refractivity contribution is -0.113. The molecule has 0 N–H and O–H groups in total. The first kappa shape index (κ1) is 14.0. The van der Waals surface area contributed by atoms with Gasteiger partial charge in [0, 0.05) is 0 Å². The third-order valence-corrected chi connectivity index (χ3v) is 3.90. The lowest BCUT2D eigenvalue weighted by atomic mass is 9.92. The van der Waals surface area contributed by atoms with Gasteiger partial charge in [0.15, 0.2) is 11.5 Å². The van der Waals surface area contributed by atoms with Gasteiger partial charge in [0.25, 0.3) is 0 Å².